The van der Waals surface area contributed by atoms with Crippen molar-refractivity contribution in [2.75, 3.05) is 12.5 Å². The Kier molecular flexibility index (Phi) is 13.8. The molecule has 0 bridgehead atoms. The minimum absolute atomic E-state index is 0.0839. The third kappa shape index (κ3) is 10.7. The number of esters is 1. The van der Waals surface area contributed by atoms with Gasteiger partial charge in [0.05, 0.1) is 12.5 Å². The number of terminal acetylenes is 1. The van der Waals surface area contributed by atoms with Gasteiger partial charge in [0.1, 0.15) is 0 Å². The van der Waals surface area contributed by atoms with E-state index in [4.69, 9.17) is 22.8 Å². The lowest BCUT2D eigenvalue weighted by molar-refractivity contribution is -0.150. The lowest BCUT2D eigenvalue weighted by atomic mass is 9.87. The summed E-state index contributed by atoms with van der Waals surface area (Å²) in [6.45, 7) is 4.83. The molecule has 0 spiro atoms. The molecule has 0 N–H and O–H groups in total. The summed E-state index contributed by atoms with van der Waals surface area (Å²) in [5.74, 6) is 3.25. The van der Waals surface area contributed by atoms with Crippen molar-refractivity contribution in [3.8, 4) is 12.3 Å². The summed E-state index contributed by atoms with van der Waals surface area (Å²) in [6.07, 6.45) is 14.4. The molecule has 0 saturated heterocycles. The van der Waals surface area contributed by atoms with Crippen LogP contribution in [0.2, 0.25) is 0 Å². The lowest BCUT2D eigenvalue weighted by Crippen LogP contribution is -2.25. The van der Waals surface area contributed by atoms with Crippen molar-refractivity contribution in [2.45, 2.75) is 71.6 Å². The Bertz CT molecular complexity index is 296. The maximum absolute atomic E-state index is 12.2. The molecule has 0 aliphatic rings. The van der Waals surface area contributed by atoms with Crippen LogP contribution in [-0.4, -0.2) is 18.5 Å². The van der Waals surface area contributed by atoms with E-state index in [-0.39, 0.29) is 17.8 Å². The van der Waals surface area contributed by atoms with Gasteiger partial charge in [0.25, 0.3) is 0 Å². The summed E-state index contributed by atoms with van der Waals surface area (Å²) < 4.78 is 5.43. The van der Waals surface area contributed by atoms with Crippen molar-refractivity contribution in [3.05, 3.63) is 0 Å². The molecule has 0 radical (unpaired) electrons. The first-order valence-electron chi connectivity index (χ1n) is 8.33. The summed E-state index contributed by atoms with van der Waals surface area (Å²) in [4.78, 5) is 12.2. The molecule has 21 heavy (non-hydrogen) atoms. The molecule has 0 rings (SSSR count). The van der Waals surface area contributed by atoms with Crippen molar-refractivity contribution in [1.29, 1.82) is 0 Å². The van der Waals surface area contributed by atoms with Crippen molar-refractivity contribution >= 4 is 17.6 Å². The van der Waals surface area contributed by atoms with Crippen LogP contribution >= 0.6 is 11.6 Å². The monoisotopic (exact) mass is 314 g/mol. The van der Waals surface area contributed by atoms with E-state index in [2.05, 4.69) is 19.8 Å². The van der Waals surface area contributed by atoms with Gasteiger partial charge in [-0.3, -0.25) is 4.79 Å². The van der Waals surface area contributed by atoms with Crippen LogP contribution in [0.4, 0.5) is 0 Å². The minimum Gasteiger partial charge on any atom is -0.465 e. The summed E-state index contributed by atoms with van der Waals surface area (Å²) in [5, 5.41) is 0. The van der Waals surface area contributed by atoms with Crippen LogP contribution in [0, 0.1) is 24.2 Å². The minimum atomic E-state index is -0.0871. The first-order valence-corrected chi connectivity index (χ1v) is 8.86. The Balaban J connectivity index is 4.01. The van der Waals surface area contributed by atoms with Gasteiger partial charge < -0.3 is 4.74 Å². The highest BCUT2D eigenvalue weighted by molar-refractivity contribution is 6.17. The van der Waals surface area contributed by atoms with E-state index in [0.717, 1.165) is 32.1 Å². The number of hydrogen-bond acceptors (Lipinski definition) is 2. The highest BCUT2D eigenvalue weighted by Gasteiger charge is 2.25. The molecule has 3 heteroatoms. The van der Waals surface area contributed by atoms with Gasteiger partial charge in [0.2, 0.25) is 0 Å². The van der Waals surface area contributed by atoms with Gasteiger partial charge in [-0.1, -0.05) is 39.5 Å². The molecule has 0 aromatic heterocycles. The molecule has 0 heterocycles. The number of carbonyl (C=O) groups is 1. The molecule has 122 valence electrons. The van der Waals surface area contributed by atoms with Gasteiger partial charge in [-0.15, -0.1) is 23.9 Å². The van der Waals surface area contributed by atoms with Crippen LogP contribution < -0.4 is 0 Å². The molecule has 2 atom stereocenters. The van der Waals surface area contributed by atoms with E-state index in [1.54, 1.807) is 0 Å². The molecular weight excluding hydrogens is 284 g/mol. The molecule has 2 nitrogen and oxygen atoms in total. The van der Waals surface area contributed by atoms with E-state index >= 15 is 0 Å². The van der Waals surface area contributed by atoms with Crippen molar-refractivity contribution < 1.29 is 9.53 Å². The van der Waals surface area contributed by atoms with Crippen LogP contribution in [0.15, 0.2) is 0 Å². The predicted molar refractivity (Wildman–Crippen MR) is 90.4 cm³/mol. The third-order valence-corrected chi connectivity index (χ3v) is 4.10. The number of unbranched alkanes of at least 4 members (excludes halogenated alkanes) is 5. The molecule has 0 aliphatic heterocycles. The van der Waals surface area contributed by atoms with Gasteiger partial charge >= 0.3 is 5.97 Å². The van der Waals surface area contributed by atoms with E-state index in [1.807, 2.05) is 0 Å². The maximum Gasteiger partial charge on any atom is 0.309 e. The van der Waals surface area contributed by atoms with Gasteiger partial charge in [-0.25, -0.2) is 0 Å². The van der Waals surface area contributed by atoms with Gasteiger partial charge in [0.15, 0.2) is 0 Å². The zero-order valence-electron chi connectivity index (χ0n) is 13.7. The second-order valence-corrected chi connectivity index (χ2v) is 6.12. The number of hydrogen-bond donors (Lipinski definition) is 0. The SMILES string of the molecule is C#CCCCC(C)C(CCCl)C(=O)OCCCCCCC. The second kappa shape index (κ2) is 14.3. The number of carbonyl (C=O) groups excluding carboxylic acids is 1. The Morgan fingerprint density at radius 3 is 2.52 bits per heavy atom. The van der Waals surface area contributed by atoms with Crippen LogP contribution in [0.1, 0.15) is 71.6 Å². The van der Waals surface area contributed by atoms with Crippen molar-refractivity contribution in [1.82, 2.24) is 0 Å². The number of halogens is 1. The first-order chi connectivity index (χ1) is 10.2. The third-order valence-electron chi connectivity index (χ3n) is 3.88. The standard InChI is InChI=1S/C18H31ClO2/c1-4-6-8-9-11-15-21-18(20)17(13-14-19)16(3)12-10-7-5-2/h2,16-17H,4,6-15H2,1,3H3. The molecule has 0 fully saturated rings. The average Bonchev–Trinajstić information content (AvgIpc) is 2.48. The smallest absolute Gasteiger partial charge is 0.309 e. The Hall–Kier alpha value is -0.680. The Labute approximate surface area is 136 Å². The Morgan fingerprint density at radius 1 is 1.19 bits per heavy atom. The second-order valence-electron chi connectivity index (χ2n) is 5.74. The molecular formula is C18H31ClO2. The highest BCUT2D eigenvalue weighted by Crippen LogP contribution is 2.23. The summed E-state index contributed by atoms with van der Waals surface area (Å²) in [7, 11) is 0. The number of rotatable bonds is 13. The van der Waals surface area contributed by atoms with E-state index in [1.165, 1.54) is 19.3 Å². The summed E-state index contributed by atoms with van der Waals surface area (Å²) in [6, 6.07) is 0. The fourth-order valence-electron chi connectivity index (χ4n) is 2.46. The fraction of sp³-hybridized carbons (Fsp3) is 0.833. The van der Waals surface area contributed by atoms with Crippen molar-refractivity contribution in [3.63, 3.8) is 0 Å². The highest BCUT2D eigenvalue weighted by atomic mass is 35.5. The summed E-state index contributed by atoms with van der Waals surface area (Å²) >= 11 is 5.82. The predicted octanol–water partition coefficient (Wildman–Crippen LogP) is 5.18. The van der Waals surface area contributed by atoms with Crippen LogP contribution in [0.5, 0.6) is 0 Å². The zero-order chi connectivity index (χ0) is 15.9. The van der Waals surface area contributed by atoms with E-state index in [9.17, 15) is 4.79 Å². The molecule has 0 amide bonds. The van der Waals surface area contributed by atoms with Crippen LogP contribution in [0.25, 0.3) is 0 Å². The first kappa shape index (κ1) is 20.3. The zero-order valence-corrected chi connectivity index (χ0v) is 14.5. The van der Waals surface area contributed by atoms with Crippen LogP contribution in [0.3, 0.4) is 0 Å². The van der Waals surface area contributed by atoms with E-state index < -0.39 is 0 Å². The van der Waals surface area contributed by atoms with Crippen molar-refractivity contribution in [2.24, 2.45) is 11.8 Å². The normalized spacial score (nSPS) is 13.4. The molecule has 2 unspecified atom stereocenters. The molecule has 0 aromatic carbocycles. The van der Waals surface area contributed by atoms with Crippen LogP contribution in [-0.2, 0) is 9.53 Å². The fourth-order valence-corrected chi connectivity index (χ4v) is 2.70. The number of alkyl halides is 1. The molecule has 0 aromatic rings. The molecule has 0 aliphatic carbocycles. The topological polar surface area (TPSA) is 26.3 Å². The summed E-state index contributed by atoms with van der Waals surface area (Å²) in [5.41, 5.74) is 0. The quantitative estimate of drug-likeness (QED) is 0.202. The largest absolute Gasteiger partial charge is 0.465 e. The average molecular weight is 315 g/mol. The van der Waals surface area contributed by atoms with Gasteiger partial charge in [-0.2, -0.15) is 0 Å². The lowest BCUT2D eigenvalue weighted by Gasteiger charge is -2.21. The Morgan fingerprint density at radius 2 is 1.90 bits per heavy atom. The number of ether oxygens (including phenoxy) is 1. The van der Waals surface area contributed by atoms with E-state index in [0.29, 0.717) is 18.9 Å². The van der Waals surface area contributed by atoms with Gasteiger partial charge in [-0.05, 0) is 31.6 Å². The van der Waals surface area contributed by atoms with Gasteiger partial charge in [0, 0.05) is 12.3 Å². The molecule has 0 saturated carbocycles. The maximum atomic E-state index is 12.2.